The standard InChI is InChI=1S/C10H5BrF3NO2/c11-5-1-2-7-6(3-5)8(16)9(17)15(7)4-10(12,13)14/h1-3H,4H2. The van der Waals surface area contributed by atoms with Gasteiger partial charge in [-0.3, -0.25) is 14.5 Å². The summed E-state index contributed by atoms with van der Waals surface area (Å²) in [6.45, 7) is -1.45. The molecule has 7 heteroatoms. The lowest BCUT2D eigenvalue weighted by molar-refractivity contribution is -0.129. The van der Waals surface area contributed by atoms with Gasteiger partial charge in [-0.1, -0.05) is 15.9 Å². The van der Waals surface area contributed by atoms with E-state index in [1.165, 1.54) is 18.2 Å². The molecule has 1 amide bonds. The monoisotopic (exact) mass is 307 g/mol. The van der Waals surface area contributed by atoms with E-state index in [2.05, 4.69) is 15.9 Å². The Morgan fingerprint density at radius 2 is 1.88 bits per heavy atom. The number of hydrogen-bond donors (Lipinski definition) is 0. The molecule has 0 aromatic heterocycles. The molecule has 17 heavy (non-hydrogen) atoms. The Labute approximate surface area is 102 Å². The van der Waals surface area contributed by atoms with Crippen LogP contribution in [0.1, 0.15) is 10.4 Å². The van der Waals surface area contributed by atoms with Gasteiger partial charge in [-0.2, -0.15) is 13.2 Å². The van der Waals surface area contributed by atoms with Gasteiger partial charge in [-0.25, -0.2) is 0 Å². The highest BCUT2D eigenvalue weighted by atomic mass is 79.9. The van der Waals surface area contributed by atoms with E-state index < -0.39 is 24.4 Å². The molecule has 0 fully saturated rings. The van der Waals surface area contributed by atoms with Gasteiger partial charge in [0.2, 0.25) is 0 Å². The molecule has 3 nitrogen and oxygen atoms in total. The van der Waals surface area contributed by atoms with Crippen molar-refractivity contribution in [2.45, 2.75) is 6.18 Å². The number of carbonyl (C=O) groups is 2. The first-order valence-corrected chi connectivity index (χ1v) is 5.31. The Bertz CT molecular complexity index is 513. The van der Waals surface area contributed by atoms with E-state index in [-0.39, 0.29) is 11.3 Å². The summed E-state index contributed by atoms with van der Waals surface area (Å²) in [5, 5.41) is 0. The number of fused-ring (bicyclic) bond motifs is 1. The second-order valence-corrected chi connectivity index (χ2v) is 4.41. The van der Waals surface area contributed by atoms with Gasteiger partial charge in [0.05, 0.1) is 11.3 Å². The van der Waals surface area contributed by atoms with E-state index in [9.17, 15) is 22.8 Å². The van der Waals surface area contributed by atoms with Crippen LogP contribution in [0.25, 0.3) is 0 Å². The van der Waals surface area contributed by atoms with Crippen molar-refractivity contribution in [3.63, 3.8) is 0 Å². The molecule has 0 saturated heterocycles. The number of Topliss-reactive ketones (excluding diaryl/α,β-unsaturated/α-hetero) is 1. The molecule has 0 aliphatic carbocycles. The van der Waals surface area contributed by atoms with E-state index in [1.54, 1.807) is 0 Å². The number of anilines is 1. The smallest absolute Gasteiger partial charge is 0.296 e. The van der Waals surface area contributed by atoms with Crippen LogP contribution in [0.2, 0.25) is 0 Å². The third kappa shape index (κ3) is 2.19. The fourth-order valence-electron chi connectivity index (χ4n) is 1.61. The lowest BCUT2D eigenvalue weighted by Crippen LogP contribution is -2.38. The highest BCUT2D eigenvalue weighted by molar-refractivity contribution is 9.10. The first-order valence-electron chi connectivity index (χ1n) is 4.52. The SMILES string of the molecule is O=C1C(=O)N(CC(F)(F)F)c2ccc(Br)cc21. The quantitative estimate of drug-likeness (QED) is 0.748. The molecule has 90 valence electrons. The number of halogens is 4. The normalized spacial score (nSPS) is 15.4. The molecule has 0 spiro atoms. The maximum absolute atomic E-state index is 12.3. The average Bonchev–Trinajstić information content (AvgIpc) is 2.42. The van der Waals surface area contributed by atoms with Crippen LogP contribution in [-0.4, -0.2) is 24.4 Å². The lowest BCUT2D eigenvalue weighted by Gasteiger charge is -2.18. The molecule has 1 aromatic carbocycles. The zero-order valence-electron chi connectivity index (χ0n) is 8.21. The van der Waals surface area contributed by atoms with Crippen molar-refractivity contribution < 1.29 is 22.8 Å². The molecule has 1 aliphatic heterocycles. The Morgan fingerprint density at radius 1 is 1.24 bits per heavy atom. The van der Waals surface area contributed by atoms with Gasteiger partial charge in [0.1, 0.15) is 6.54 Å². The number of benzene rings is 1. The van der Waals surface area contributed by atoms with Crippen molar-refractivity contribution in [1.29, 1.82) is 0 Å². The Balaban J connectivity index is 2.45. The third-order valence-electron chi connectivity index (χ3n) is 2.27. The molecule has 0 unspecified atom stereocenters. The first kappa shape index (κ1) is 12.1. The number of rotatable bonds is 1. The van der Waals surface area contributed by atoms with Gasteiger partial charge in [0.15, 0.2) is 0 Å². The summed E-state index contributed by atoms with van der Waals surface area (Å²) in [6.07, 6.45) is -4.54. The number of amides is 1. The van der Waals surface area contributed by atoms with Crippen molar-refractivity contribution in [3.05, 3.63) is 28.2 Å². The maximum Gasteiger partial charge on any atom is 0.406 e. The van der Waals surface area contributed by atoms with Crippen LogP contribution in [0, 0.1) is 0 Å². The Kier molecular flexibility index (Phi) is 2.73. The Hall–Kier alpha value is -1.37. The number of alkyl halides is 3. The second-order valence-electron chi connectivity index (χ2n) is 3.50. The summed E-state index contributed by atoms with van der Waals surface area (Å²) in [7, 11) is 0. The van der Waals surface area contributed by atoms with E-state index >= 15 is 0 Å². The molecule has 1 aromatic rings. The fourth-order valence-corrected chi connectivity index (χ4v) is 1.97. The highest BCUT2D eigenvalue weighted by Gasteiger charge is 2.42. The van der Waals surface area contributed by atoms with Crippen molar-refractivity contribution in [2.75, 3.05) is 11.4 Å². The minimum absolute atomic E-state index is 0.000486. The summed E-state index contributed by atoms with van der Waals surface area (Å²) < 4.78 is 37.3. The van der Waals surface area contributed by atoms with Crippen molar-refractivity contribution in [3.8, 4) is 0 Å². The largest absolute Gasteiger partial charge is 0.406 e. The van der Waals surface area contributed by atoms with Gasteiger partial charge >= 0.3 is 6.18 Å². The number of ketones is 1. The number of nitrogens with zero attached hydrogens (tertiary/aromatic N) is 1. The molecule has 2 rings (SSSR count). The molecular weight excluding hydrogens is 303 g/mol. The first-order chi connectivity index (χ1) is 7.79. The van der Waals surface area contributed by atoms with E-state index in [1.807, 2.05) is 0 Å². The van der Waals surface area contributed by atoms with Crippen LogP contribution in [0.3, 0.4) is 0 Å². The zero-order chi connectivity index (χ0) is 12.8. The summed E-state index contributed by atoms with van der Waals surface area (Å²) in [6, 6.07) is 4.13. The predicted octanol–water partition coefficient (Wildman–Crippen LogP) is 2.54. The van der Waals surface area contributed by atoms with Crippen molar-refractivity contribution in [1.82, 2.24) is 0 Å². The molecule has 0 saturated carbocycles. The summed E-state index contributed by atoms with van der Waals surface area (Å²) in [5.41, 5.74) is -0.00542. The molecule has 0 N–H and O–H groups in total. The van der Waals surface area contributed by atoms with Gasteiger partial charge in [-0.15, -0.1) is 0 Å². The Morgan fingerprint density at radius 3 is 2.47 bits per heavy atom. The second kappa shape index (κ2) is 3.83. The molecule has 0 radical (unpaired) electrons. The third-order valence-corrected chi connectivity index (χ3v) is 2.76. The molecule has 1 aliphatic rings. The van der Waals surface area contributed by atoms with E-state index in [4.69, 9.17) is 0 Å². The number of carbonyl (C=O) groups excluding carboxylic acids is 2. The van der Waals surface area contributed by atoms with Crippen LogP contribution in [0.15, 0.2) is 22.7 Å². The molecule has 0 bridgehead atoms. The van der Waals surface area contributed by atoms with Gasteiger partial charge in [0, 0.05) is 4.47 Å². The van der Waals surface area contributed by atoms with E-state index in [0.717, 1.165) is 0 Å². The van der Waals surface area contributed by atoms with Crippen LogP contribution in [0.5, 0.6) is 0 Å². The topological polar surface area (TPSA) is 37.4 Å². The minimum Gasteiger partial charge on any atom is -0.296 e. The van der Waals surface area contributed by atoms with Crippen LogP contribution in [-0.2, 0) is 4.79 Å². The predicted molar refractivity (Wildman–Crippen MR) is 56.9 cm³/mol. The van der Waals surface area contributed by atoms with E-state index in [0.29, 0.717) is 9.37 Å². The fraction of sp³-hybridized carbons (Fsp3) is 0.200. The number of hydrogen-bond acceptors (Lipinski definition) is 2. The van der Waals surface area contributed by atoms with Crippen LogP contribution < -0.4 is 4.90 Å². The van der Waals surface area contributed by atoms with Gasteiger partial charge < -0.3 is 0 Å². The van der Waals surface area contributed by atoms with Crippen molar-refractivity contribution in [2.24, 2.45) is 0 Å². The molecule has 0 atom stereocenters. The highest BCUT2D eigenvalue weighted by Crippen LogP contribution is 2.33. The summed E-state index contributed by atoms with van der Waals surface area (Å²) in [5.74, 6) is -2.05. The van der Waals surface area contributed by atoms with Crippen LogP contribution in [0.4, 0.5) is 18.9 Å². The van der Waals surface area contributed by atoms with Crippen LogP contribution >= 0.6 is 15.9 Å². The minimum atomic E-state index is -4.54. The van der Waals surface area contributed by atoms with Crippen molar-refractivity contribution >= 4 is 33.3 Å². The summed E-state index contributed by atoms with van der Waals surface area (Å²) >= 11 is 3.09. The summed E-state index contributed by atoms with van der Waals surface area (Å²) in [4.78, 5) is 23.3. The lowest BCUT2D eigenvalue weighted by atomic mass is 10.1. The average molecular weight is 308 g/mol. The molecule has 1 heterocycles. The molecular formula is C10H5BrF3NO2. The zero-order valence-corrected chi connectivity index (χ0v) is 9.80. The maximum atomic E-state index is 12.3. The van der Waals surface area contributed by atoms with Gasteiger partial charge in [0.25, 0.3) is 11.7 Å². The van der Waals surface area contributed by atoms with Gasteiger partial charge in [-0.05, 0) is 18.2 Å².